The van der Waals surface area contributed by atoms with Gasteiger partial charge in [-0.05, 0) is 44.0 Å². The maximum absolute atomic E-state index is 4.64. The van der Waals surface area contributed by atoms with Gasteiger partial charge in [-0.15, -0.1) is 0 Å². The van der Waals surface area contributed by atoms with Gasteiger partial charge in [0, 0.05) is 17.8 Å². The van der Waals surface area contributed by atoms with Crippen molar-refractivity contribution in [3.63, 3.8) is 0 Å². The average Bonchev–Trinajstić information content (AvgIpc) is 2.82. The van der Waals surface area contributed by atoms with Crippen molar-refractivity contribution in [3.05, 3.63) is 46.8 Å². The largest absolute Gasteiger partial charge is 0.313 e. The van der Waals surface area contributed by atoms with Crippen LogP contribution in [0, 0.1) is 13.8 Å². The first-order valence-corrected chi connectivity index (χ1v) is 7.51. The van der Waals surface area contributed by atoms with E-state index in [4.69, 9.17) is 0 Å². The second kappa shape index (κ2) is 6.71. The van der Waals surface area contributed by atoms with Crippen LogP contribution in [0.2, 0.25) is 0 Å². The third-order valence-corrected chi connectivity index (χ3v) is 3.60. The van der Waals surface area contributed by atoms with E-state index in [1.165, 1.54) is 28.1 Å². The van der Waals surface area contributed by atoms with E-state index in [9.17, 15) is 0 Å². The van der Waals surface area contributed by atoms with Crippen LogP contribution in [-0.2, 0) is 13.0 Å². The highest BCUT2D eigenvalue weighted by molar-refractivity contribution is 5.44. The number of hydrogen-bond acceptors (Lipinski definition) is 2. The van der Waals surface area contributed by atoms with Crippen molar-refractivity contribution in [1.82, 2.24) is 15.1 Å². The molecule has 0 saturated carbocycles. The number of hydrogen-bond donors (Lipinski definition) is 1. The molecule has 0 aliphatic carbocycles. The zero-order chi connectivity index (χ0) is 14.5. The first kappa shape index (κ1) is 14.8. The molecule has 2 rings (SSSR count). The molecule has 2 aromatic rings. The van der Waals surface area contributed by atoms with E-state index >= 15 is 0 Å². The van der Waals surface area contributed by atoms with Gasteiger partial charge in [0.05, 0.1) is 11.9 Å². The molecule has 1 N–H and O–H groups in total. The highest BCUT2D eigenvalue weighted by Gasteiger charge is 2.12. The lowest BCUT2D eigenvalue weighted by Gasteiger charge is -2.12. The molecule has 20 heavy (non-hydrogen) atoms. The molecule has 0 aliphatic heterocycles. The maximum atomic E-state index is 4.64. The predicted molar refractivity (Wildman–Crippen MR) is 84.4 cm³/mol. The van der Waals surface area contributed by atoms with Crippen LogP contribution in [0.5, 0.6) is 0 Å². The lowest BCUT2D eigenvalue weighted by Crippen LogP contribution is -2.13. The van der Waals surface area contributed by atoms with E-state index in [0.29, 0.717) is 0 Å². The zero-order valence-corrected chi connectivity index (χ0v) is 13.0. The lowest BCUT2D eigenvalue weighted by atomic mass is 10.1. The number of nitrogens with one attached hydrogen (secondary N) is 1. The Kier molecular flexibility index (Phi) is 4.96. The van der Waals surface area contributed by atoms with E-state index < -0.39 is 0 Å². The fourth-order valence-corrected chi connectivity index (χ4v) is 2.47. The van der Waals surface area contributed by atoms with Crippen molar-refractivity contribution >= 4 is 0 Å². The van der Waals surface area contributed by atoms with Crippen LogP contribution < -0.4 is 5.32 Å². The van der Waals surface area contributed by atoms with E-state index in [0.717, 1.165) is 25.9 Å². The molecule has 0 atom stereocenters. The molecule has 0 aliphatic rings. The van der Waals surface area contributed by atoms with Crippen molar-refractivity contribution in [2.24, 2.45) is 0 Å². The average molecular weight is 271 g/mol. The molecule has 0 amide bonds. The van der Waals surface area contributed by atoms with Gasteiger partial charge in [-0.3, -0.25) is 0 Å². The number of benzene rings is 1. The summed E-state index contributed by atoms with van der Waals surface area (Å²) >= 11 is 0. The van der Waals surface area contributed by atoms with Crippen LogP contribution in [0.3, 0.4) is 0 Å². The summed E-state index contributed by atoms with van der Waals surface area (Å²) in [5.41, 5.74) is 6.40. The van der Waals surface area contributed by atoms with Crippen LogP contribution in [0.1, 0.15) is 42.7 Å². The zero-order valence-electron chi connectivity index (χ0n) is 13.0. The van der Waals surface area contributed by atoms with Gasteiger partial charge in [0.2, 0.25) is 0 Å². The van der Waals surface area contributed by atoms with Gasteiger partial charge in [0.25, 0.3) is 0 Å². The number of aryl methyl sites for hydroxylation is 2. The Balaban J connectivity index is 2.44. The Hall–Kier alpha value is -1.61. The summed E-state index contributed by atoms with van der Waals surface area (Å²) in [5, 5.41) is 8.04. The number of aromatic nitrogens is 2. The van der Waals surface area contributed by atoms with E-state index in [-0.39, 0.29) is 0 Å². The smallest absolute Gasteiger partial charge is 0.0680 e. The second-order valence-corrected chi connectivity index (χ2v) is 5.35. The first-order chi connectivity index (χ1) is 9.67. The lowest BCUT2D eigenvalue weighted by molar-refractivity contribution is 0.707. The molecule has 3 heteroatoms. The first-order valence-electron chi connectivity index (χ1n) is 7.51. The van der Waals surface area contributed by atoms with Crippen LogP contribution >= 0.6 is 0 Å². The summed E-state index contributed by atoms with van der Waals surface area (Å²) in [6, 6.07) is 6.55. The maximum Gasteiger partial charge on any atom is 0.0680 e. The minimum atomic E-state index is 0.900. The summed E-state index contributed by atoms with van der Waals surface area (Å²) in [4.78, 5) is 0. The minimum absolute atomic E-state index is 0.900. The highest BCUT2D eigenvalue weighted by atomic mass is 15.3. The van der Waals surface area contributed by atoms with Crippen LogP contribution in [-0.4, -0.2) is 16.3 Å². The van der Waals surface area contributed by atoms with Gasteiger partial charge in [0.15, 0.2) is 0 Å². The Bertz CT molecular complexity index is 570. The quantitative estimate of drug-likeness (QED) is 0.870. The van der Waals surface area contributed by atoms with Crippen molar-refractivity contribution in [2.45, 2.75) is 47.1 Å². The van der Waals surface area contributed by atoms with Gasteiger partial charge in [0.1, 0.15) is 0 Å². The Morgan fingerprint density at radius 3 is 2.70 bits per heavy atom. The SMILES string of the molecule is CCCc1c(CNCC)cnn1-c1cc(C)ccc1C. The number of rotatable bonds is 6. The molecule has 0 unspecified atom stereocenters. The van der Waals surface area contributed by atoms with Crippen LogP contribution in [0.25, 0.3) is 5.69 Å². The second-order valence-electron chi connectivity index (χ2n) is 5.35. The minimum Gasteiger partial charge on any atom is -0.313 e. The van der Waals surface area contributed by atoms with E-state index in [1.807, 2.05) is 6.20 Å². The standard InChI is InChI=1S/C17H25N3/c1-5-7-16-15(11-18-6-2)12-19-20(16)17-10-13(3)8-9-14(17)4/h8-10,12,18H,5-7,11H2,1-4H3. The molecule has 0 radical (unpaired) electrons. The van der Waals surface area contributed by atoms with E-state index in [1.54, 1.807) is 0 Å². The van der Waals surface area contributed by atoms with Gasteiger partial charge in [-0.1, -0.05) is 32.4 Å². The molecule has 0 fully saturated rings. The third kappa shape index (κ3) is 3.10. The van der Waals surface area contributed by atoms with Crippen molar-refractivity contribution < 1.29 is 0 Å². The van der Waals surface area contributed by atoms with Gasteiger partial charge >= 0.3 is 0 Å². The fourth-order valence-electron chi connectivity index (χ4n) is 2.47. The van der Waals surface area contributed by atoms with Gasteiger partial charge in [-0.2, -0.15) is 5.10 Å². The molecule has 108 valence electrons. The monoisotopic (exact) mass is 271 g/mol. The molecule has 1 aromatic heterocycles. The Morgan fingerprint density at radius 2 is 2.00 bits per heavy atom. The molecular weight excluding hydrogens is 246 g/mol. The molecule has 0 saturated heterocycles. The summed E-state index contributed by atoms with van der Waals surface area (Å²) in [6.45, 7) is 10.5. The fraction of sp³-hybridized carbons (Fsp3) is 0.471. The summed E-state index contributed by atoms with van der Waals surface area (Å²) in [6.07, 6.45) is 4.21. The summed E-state index contributed by atoms with van der Waals surface area (Å²) in [7, 11) is 0. The molecule has 0 bridgehead atoms. The predicted octanol–water partition coefficient (Wildman–Crippen LogP) is 3.55. The molecule has 1 aromatic carbocycles. The molecular formula is C17H25N3. The van der Waals surface area contributed by atoms with Crippen molar-refractivity contribution in [2.75, 3.05) is 6.54 Å². The van der Waals surface area contributed by atoms with Crippen LogP contribution in [0.4, 0.5) is 0 Å². The number of nitrogens with zero attached hydrogens (tertiary/aromatic N) is 2. The van der Waals surface area contributed by atoms with E-state index in [2.05, 4.69) is 61.0 Å². The Morgan fingerprint density at radius 1 is 1.20 bits per heavy atom. The van der Waals surface area contributed by atoms with Crippen molar-refractivity contribution in [3.8, 4) is 5.69 Å². The van der Waals surface area contributed by atoms with Gasteiger partial charge in [-0.25, -0.2) is 4.68 Å². The normalized spacial score (nSPS) is 11.0. The molecule has 1 heterocycles. The van der Waals surface area contributed by atoms with Gasteiger partial charge < -0.3 is 5.32 Å². The topological polar surface area (TPSA) is 29.9 Å². The third-order valence-electron chi connectivity index (χ3n) is 3.60. The molecule has 3 nitrogen and oxygen atoms in total. The summed E-state index contributed by atoms with van der Waals surface area (Å²) < 4.78 is 2.12. The highest BCUT2D eigenvalue weighted by Crippen LogP contribution is 2.21. The van der Waals surface area contributed by atoms with Crippen molar-refractivity contribution in [1.29, 1.82) is 0 Å². The molecule has 0 spiro atoms. The Labute approximate surface area is 122 Å². The van der Waals surface area contributed by atoms with Crippen LogP contribution in [0.15, 0.2) is 24.4 Å². The summed E-state index contributed by atoms with van der Waals surface area (Å²) in [5.74, 6) is 0.